The number of hydrogen-bond donors (Lipinski definition) is 0. The molecule has 0 saturated heterocycles. The van der Waals surface area contributed by atoms with Crippen LogP contribution in [-0.4, -0.2) is 24.9 Å². The predicted molar refractivity (Wildman–Crippen MR) is 195 cm³/mol. The molecule has 0 N–H and O–H groups in total. The molecule has 0 aromatic heterocycles. The summed E-state index contributed by atoms with van der Waals surface area (Å²) in [6.07, 6.45) is 6.22. The zero-order chi connectivity index (χ0) is 35.3. The van der Waals surface area contributed by atoms with Crippen LogP contribution in [0.1, 0.15) is 33.4 Å². The van der Waals surface area contributed by atoms with Gasteiger partial charge in [-0.2, -0.15) is 0 Å². The van der Waals surface area contributed by atoms with E-state index in [1.54, 1.807) is 97.7 Å². The molecule has 0 heterocycles. The predicted octanol–water partition coefficient (Wildman–Crippen LogP) is 7.28. The second-order valence-electron chi connectivity index (χ2n) is 11.1. The van der Waals surface area contributed by atoms with E-state index in [9.17, 15) is 20.4 Å². The van der Waals surface area contributed by atoms with Gasteiger partial charge in [-0.15, -0.1) is 23.0 Å². The van der Waals surface area contributed by atoms with Crippen LogP contribution in [-0.2, 0) is 33.0 Å². The molecule has 0 aliphatic rings. The van der Waals surface area contributed by atoms with Crippen molar-refractivity contribution in [3.63, 3.8) is 0 Å². The molecule has 0 aliphatic carbocycles. The molecule has 0 saturated carbocycles. The summed E-state index contributed by atoms with van der Waals surface area (Å²) in [6, 6.07) is 38.1. The van der Waals surface area contributed by atoms with Crippen molar-refractivity contribution < 1.29 is 53.4 Å². The molecule has 0 radical (unpaired) electrons. The van der Waals surface area contributed by atoms with E-state index < -0.39 is 0 Å². The van der Waals surface area contributed by atoms with E-state index in [-0.39, 0.29) is 56.0 Å². The fourth-order valence-electron chi connectivity index (χ4n) is 4.55. The van der Waals surface area contributed by atoms with E-state index in [0.717, 1.165) is 22.5 Å². The first kappa shape index (κ1) is 40.6. The van der Waals surface area contributed by atoms with Crippen molar-refractivity contribution in [3.05, 3.63) is 167 Å². The van der Waals surface area contributed by atoms with Gasteiger partial charge in [-0.1, -0.05) is 109 Å². The number of aliphatic imine (C=N–C) groups is 4. The summed E-state index contributed by atoms with van der Waals surface area (Å²) in [6.45, 7) is 3.88. The summed E-state index contributed by atoms with van der Waals surface area (Å²) >= 11 is 0. The van der Waals surface area contributed by atoms with Crippen LogP contribution in [0.15, 0.2) is 153 Å². The molecule has 52 heavy (non-hydrogen) atoms. The summed E-state index contributed by atoms with van der Waals surface area (Å²) < 4.78 is 0. The zero-order valence-corrected chi connectivity index (χ0v) is 30.0. The first-order valence-corrected chi connectivity index (χ1v) is 15.7. The Bertz CT molecular complexity index is 2060. The Kier molecular flexibility index (Phi) is 15.7. The van der Waals surface area contributed by atoms with Crippen molar-refractivity contribution in [3.8, 4) is 23.0 Å². The molecule has 0 fully saturated rings. The van der Waals surface area contributed by atoms with Crippen molar-refractivity contribution in [2.75, 3.05) is 0 Å². The van der Waals surface area contributed by atoms with Crippen molar-refractivity contribution in [2.24, 2.45) is 20.0 Å². The largest absolute Gasteiger partial charge is 2.00 e. The third kappa shape index (κ3) is 11.6. The van der Waals surface area contributed by atoms with Gasteiger partial charge in [-0.25, -0.2) is 0 Å². The summed E-state index contributed by atoms with van der Waals surface area (Å²) in [7, 11) is 0. The maximum atomic E-state index is 11.7. The van der Waals surface area contributed by atoms with Crippen LogP contribution in [0.25, 0.3) is 0 Å². The average Bonchev–Trinajstić information content (AvgIpc) is 3.12. The number of aryl methyl sites for hydroxylation is 2. The second kappa shape index (κ2) is 20.1. The van der Waals surface area contributed by atoms with Crippen LogP contribution >= 0.6 is 0 Å². The minimum absolute atomic E-state index is 0. The van der Waals surface area contributed by atoms with Crippen molar-refractivity contribution in [1.82, 2.24) is 0 Å². The fourth-order valence-corrected chi connectivity index (χ4v) is 4.55. The molecule has 6 aromatic carbocycles. The summed E-state index contributed by atoms with van der Waals surface area (Å²) in [5.74, 6) is -0.261. The Balaban J connectivity index is 0.000000270. The quantitative estimate of drug-likeness (QED) is 0.118. The average molecular weight is 774 g/mol. The van der Waals surface area contributed by atoms with Crippen LogP contribution in [0.3, 0.4) is 0 Å². The first-order valence-electron chi connectivity index (χ1n) is 15.7. The van der Waals surface area contributed by atoms with Gasteiger partial charge in [0.15, 0.2) is 0 Å². The summed E-state index contributed by atoms with van der Waals surface area (Å²) in [5, 5.41) is 46.9. The molecule has 6 aromatic rings. The van der Waals surface area contributed by atoms with Gasteiger partial charge < -0.3 is 20.4 Å². The monoisotopic (exact) mass is 772 g/mol. The molecule has 0 spiro atoms. The Hall–Kier alpha value is -5.81. The summed E-state index contributed by atoms with van der Waals surface area (Å²) in [5.41, 5.74) is 6.94. The van der Waals surface area contributed by atoms with E-state index in [4.69, 9.17) is 0 Å². The number of hydrogen-bond acceptors (Lipinski definition) is 8. The van der Waals surface area contributed by atoms with Crippen LogP contribution < -0.4 is 20.4 Å². The SMILES string of the molecule is Cc1ccc(N=Cc2ccccc2[O-])cc1N=Cc1ccccc1[O-].Cc1ccc(N=Cc2ccccc2[O-])cc1N=Cc1ccccc1[O-].[Ni+2].[Ni+2]. The van der Waals surface area contributed by atoms with Crippen LogP contribution in [0, 0.1) is 13.8 Å². The third-order valence-electron chi connectivity index (χ3n) is 7.45. The van der Waals surface area contributed by atoms with E-state index in [1.165, 1.54) is 24.3 Å². The molecule has 264 valence electrons. The normalized spacial score (nSPS) is 11.0. The Morgan fingerprint density at radius 3 is 0.923 bits per heavy atom. The van der Waals surface area contributed by atoms with E-state index >= 15 is 0 Å². The van der Waals surface area contributed by atoms with Crippen LogP contribution in [0.4, 0.5) is 22.7 Å². The molecular weight excluding hydrogens is 742 g/mol. The van der Waals surface area contributed by atoms with E-state index in [2.05, 4.69) is 20.0 Å². The Labute approximate surface area is 323 Å². The second-order valence-corrected chi connectivity index (χ2v) is 11.1. The van der Waals surface area contributed by atoms with Gasteiger partial charge in [0.2, 0.25) is 0 Å². The standard InChI is InChI=1S/2C21H18N2O2.2Ni/c2*1-15-10-11-18(22-13-16-6-2-4-8-20(16)24)12-19(15)23-14-17-7-3-5-9-21(17)25;;/h2*2-14,24-25H,1H3;;/q;;2*+2/p-4. The molecule has 0 atom stereocenters. The van der Waals surface area contributed by atoms with Crippen molar-refractivity contribution in [1.29, 1.82) is 0 Å². The van der Waals surface area contributed by atoms with Gasteiger partial charge in [0.1, 0.15) is 0 Å². The van der Waals surface area contributed by atoms with Crippen LogP contribution in [0.2, 0.25) is 0 Å². The third-order valence-corrected chi connectivity index (χ3v) is 7.45. The molecule has 8 nitrogen and oxygen atoms in total. The molecule has 0 amide bonds. The zero-order valence-electron chi connectivity index (χ0n) is 28.1. The maximum Gasteiger partial charge on any atom is 2.00 e. The van der Waals surface area contributed by atoms with E-state index in [1.807, 2.05) is 50.2 Å². The molecular formula is C42H32N4Ni2O4. The topological polar surface area (TPSA) is 142 Å². The van der Waals surface area contributed by atoms with Gasteiger partial charge in [-0.05, 0) is 71.5 Å². The van der Waals surface area contributed by atoms with Gasteiger partial charge in [0.05, 0.1) is 22.7 Å². The Morgan fingerprint density at radius 2 is 0.635 bits per heavy atom. The number of rotatable bonds is 8. The van der Waals surface area contributed by atoms with Crippen molar-refractivity contribution >= 4 is 47.6 Å². The molecule has 0 bridgehead atoms. The fraction of sp³-hybridized carbons (Fsp3) is 0.0476. The summed E-state index contributed by atoms with van der Waals surface area (Å²) in [4.78, 5) is 17.5. The van der Waals surface area contributed by atoms with E-state index in [0.29, 0.717) is 33.6 Å². The van der Waals surface area contributed by atoms with Crippen LogP contribution in [0.5, 0.6) is 23.0 Å². The number of para-hydroxylation sites is 4. The van der Waals surface area contributed by atoms with Crippen molar-refractivity contribution in [2.45, 2.75) is 13.8 Å². The van der Waals surface area contributed by atoms with Gasteiger partial charge >= 0.3 is 33.0 Å². The number of nitrogens with zero attached hydrogens (tertiary/aromatic N) is 4. The molecule has 6 rings (SSSR count). The van der Waals surface area contributed by atoms with Gasteiger partial charge in [0.25, 0.3) is 0 Å². The minimum Gasteiger partial charge on any atom is -0.872 e. The molecule has 0 aliphatic heterocycles. The first-order chi connectivity index (χ1) is 24.3. The Morgan fingerprint density at radius 1 is 0.365 bits per heavy atom. The van der Waals surface area contributed by atoms with Gasteiger partial charge in [-0.3, -0.25) is 20.0 Å². The smallest absolute Gasteiger partial charge is 0.872 e. The molecule has 10 heteroatoms. The molecule has 0 unspecified atom stereocenters. The number of benzene rings is 6. The maximum absolute atomic E-state index is 11.7. The van der Waals surface area contributed by atoms with Gasteiger partial charge in [0, 0.05) is 24.9 Å². The minimum atomic E-state index is -0.0661.